The highest BCUT2D eigenvalue weighted by molar-refractivity contribution is 6.06. The number of aryl methyl sites for hydroxylation is 1. The Morgan fingerprint density at radius 2 is 2.00 bits per heavy atom. The second-order valence-corrected chi connectivity index (χ2v) is 7.70. The normalized spacial score (nSPS) is 28.9. The van der Waals surface area contributed by atoms with E-state index in [0.717, 1.165) is 38.8 Å². The molecule has 3 rings (SSSR count). The van der Waals surface area contributed by atoms with Crippen LogP contribution in [0.5, 0.6) is 0 Å². The molecule has 1 N–H and O–H groups in total. The van der Waals surface area contributed by atoms with Gasteiger partial charge in [-0.3, -0.25) is 9.69 Å². The minimum absolute atomic E-state index is 0.0960. The summed E-state index contributed by atoms with van der Waals surface area (Å²) in [6.45, 7) is 6.10. The fourth-order valence-electron chi connectivity index (χ4n) is 4.16. The van der Waals surface area contributed by atoms with Crippen molar-refractivity contribution >= 4 is 11.9 Å². The van der Waals surface area contributed by atoms with Gasteiger partial charge < -0.3 is 10.2 Å². The average Bonchev–Trinajstić information content (AvgIpc) is 2.84. The van der Waals surface area contributed by atoms with Crippen LogP contribution in [0.3, 0.4) is 0 Å². The molecule has 2 saturated heterocycles. The van der Waals surface area contributed by atoms with Crippen molar-refractivity contribution in [1.29, 1.82) is 0 Å². The van der Waals surface area contributed by atoms with E-state index in [2.05, 4.69) is 41.4 Å². The Bertz CT molecular complexity index is 633. The average molecular weight is 343 g/mol. The number of carbonyl (C=O) groups excluding carboxylic acids is 2. The molecule has 5 nitrogen and oxygen atoms in total. The molecule has 0 unspecified atom stereocenters. The molecule has 2 aliphatic rings. The number of likely N-dealkylation sites (N-methyl/N-ethyl adjacent to an activating group) is 1. The molecule has 0 saturated carbocycles. The van der Waals surface area contributed by atoms with Crippen LogP contribution in [0.15, 0.2) is 30.3 Å². The molecule has 2 heterocycles. The number of benzene rings is 1. The van der Waals surface area contributed by atoms with E-state index in [1.54, 1.807) is 7.05 Å². The number of amides is 3. The number of nitrogens with one attached hydrogen (secondary N) is 1. The first-order valence-electron chi connectivity index (χ1n) is 9.30. The number of hydrogen-bond acceptors (Lipinski definition) is 3. The van der Waals surface area contributed by atoms with Gasteiger partial charge in [0, 0.05) is 25.6 Å². The van der Waals surface area contributed by atoms with E-state index in [1.807, 2.05) is 13.0 Å². The molecule has 1 aromatic carbocycles. The number of likely N-dealkylation sites (tertiary alicyclic amines) is 1. The molecule has 0 aliphatic carbocycles. The van der Waals surface area contributed by atoms with Crippen molar-refractivity contribution in [3.8, 4) is 0 Å². The van der Waals surface area contributed by atoms with E-state index in [9.17, 15) is 9.59 Å². The SMILES string of the molecule is C[C@H](CCc1ccccc1)N1CCC[C@H]([C@@]2(C)NC(=O)N(C)C2=O)C1. The van der Waals surface area contributed by atoms with Gasteiger partial charge in [0.15, 0.2) is 0 Å². The van der Waals surface area contributed by atoms with Crippen molar-refractivity contribution in [3.63, 3.8) is 0 Å². The van der Waals surface area contributed by atoms with Gasteiger partial charge in [0.2, 0.25) is 0 Å². The Kier molecular flexibility index (Phi) is 5.13. The number of carbonyl (C=O) groups is 2. The van der Waals surface area contributed by atoms with Crippen LogP contribution in [0.2, 0.25) is 0 Å². The van der Waals surface area contributed by atoms with Crippen molar-refractivity contribution < 1.29 is 9.59 Å². The highest BCUT2D eigenvalue weighted by Crippen LogP contribution is 2.33. The highest BCUT2D eigenvalue weighted by atomic mass is 16.2. The lowest BCUT2D eigenvalue weighted by molar-refractivity contribution is -0.132. The third-order valence-electron chi connectivity index (χ3n) is 6.01. The van der Waals surface area contributed by atoms with E-state index >= 15 is 0 Å². The van der Waals surface area contributed by atoms with E-state index < -0.39 is 5.54 Å². The van der Waals surface area contributed by atoms with Gasteiger partial charge in [-0.15, -0.1) is 0 Å². The summed E-state index contributed by atoms with van der Waals surface area (Å²) in [6.07, 6.45) is 4.23. The van der Waals surface area contributed by atoms with Gasteiger partial charge in [0.1, 0.15) is 5.54 Å². The summed E-state index contributed by atoms with van der Waals surface area (Å²) in [5.41, 5.74) is 0.610. The van der Waals surface area contributed by atoms with E-state index in [-0.39, 0.29) is 17.9 Å². The van der Waals surface area contributed by atoms with Crippen LogP contribution in [0, 0.1) is 5.92 Å². The van der Waals surface area contributed by atoms with Crippen molar-refractivity contribution in [2.24, 2.45) is 5.92 Å². The van der Waals surface area contributed by atoms with Crippen LogP contribution >= 0.6 is 0 Å². The van der Waals surface area contributed by atoms with Crippen molar-refractivity contribution in [1.82, 2.24) is 15.1 Å². The fourth-order valence-corrected chi connectivity index (χ4v) is 4.16. The Labute approximate surface area is 150 Å². The lowest BCUT2D eigenvalue weighted by atomic mass is 9.79. The third-order valence-corrected chi connectivity index (χ3v) is 6.01. The van der Waals surface area contributed by atoms with Crippen LogP contribution in [-0.2, 0) is 11.2 Å². The zero-order chi connectivity index (χ0) is 18.0. The van der Waals surface area contributed by atoms with Crippen molar-refractivity contribution in [3.05, 3.63) is 35.9 Å². The molecule has 0 spiro atoms. The minimum Gasteiger partial charge on any atom is -0.323 e. The standard InChI is InChI=1S/C20H29N3O2/c1-15(11-12-16-8-5-4-6-9-16)23-13-7-10-17(14-23)20(2)18(24)22(3)19(25)21-20/h4-6,8-9,15,17H,7,10-14H2,1-3H3,(H,21,25)/t15-,17+,20-/m1/s1. The number of hydrogen-bond donors (Lipinski definition) is 1. The maximum absolute atomic E-state index is 12.5. The summed E-state index contributed by atoms with van der Waals surface area (Å²) < 4.78 is 0. The summed E-state index contributed by atoms with van der Waals surface area (Å²) in [5.74, 6) is 0.0723. The molecule has 25 heavy (non-hydrogen) atoms. The second kappa shape index (κ2) is 7.16. The van der Waals surface area contributed by atoms with Crippen LogP contribution in [0.1, 0.15) is 38.7 Å². The Morgan fingerprint density at radius 3 is 2.64 bits per heavy atom. The molecular formula is C20H29N3O2. The highest BCUT2D eigenvalue weighted by Gasteiger charge is 2.51. The summed E-state index contributed by atoms with van der Waals surface area (Å²) >= 11 is 0. The molecule has 0 bridgehead atoms. The summed E-state index contributed by atoms with van der Waals surface area (Å²) in [6, 6.07) is 10.8. The molecule has 3 amide bonds. The molecule has 5 heteroatoms. The maximum Gasteiger partial charge on any atom is 0.324 e. The lowest BCUT2D eigenvalue weighted by Gasteiger charge is -2.42. The van der Waals surface area contributed by atoms with Gasteiger partial charge in [-0.05, 0) is 51.6 Å². The monoisotopic (exact) mass is 343 g/mol. The minimum atomic E-state index is -0.760. The number of piperidine rings is 1. The van der Waals surface area contributed by atoms with Gasteiger partial charge in [-0.2, -0.15) is 0 Å². The number of imide groups is 1. The third kappa shape index (κ3) is 3.56. The molecule has 136 valence electrons. The summed E-state index contributed by atoms with van der Waals surface area (Å²) in [7, 11) is 1.56. The van der Waals surface area contributed by atoms with Gasteiger partial charge in [-0.25, -0.2) is 4.79 Å². The smallest absolute Gasteiger partial charge is 0.323 e. The van der Waals surface area contributed by atoms with Gasteiger partial charge in [0.05, 0.1) is 0 Å². The first-order valence-corrected chi connectivity index (χ1v) is 9.30. The molecular weight excluding hydrogens is 314 g/mol. The Balaban J connectivity index is 1.61. The van der Waals surface area contributed by atoms with Crippen molar-refractivity contribution in [2.75, 3.05) is 20.1 Å². The van der Waals surface area contributed by atoms with E-state index in [0.29, 0.717) is 6.04 Å². The second-order valence-electron chi connectivity index (χ2n) is 7.70. The van der Waals surface area contributed by atoms with Crippen LogP contribution < -0.4 is 5.32 Å². The Morgan fingerprint density at radius 1 is 1.28 bits per heavy atom. The van der Waals surface area contributed by atoms with Gasteiger partial charge >= 0.3 is 6.03 Å². The molecule has 3 atom stereocenters. The Hall–Kier alpha value is -1.88. The molecule has 0 radical (unpaired) electrons. The first kappa shape index (κ1) is 17.9. The first-order chi connectivity index (χ1) is 11.9. The number of rotatable bonds is 5. The maximum atomic E-state index is 12.5. The lowest BCUT2D eigenvalue weighted by Crippen LogP contribution is -2.56. The largest absolute Gasteiger partial charge is 0.324 e. The molecule has 1 aromatic rings. The van der Waals surface area contributed by atoms with Gasteiger partial charge in [-0.1, -0.05) is 30.3 Å². The zero-order valence-electron chi connectivity index (χ0n) is 15.5. The quantitative estimate of drug-likeness (QED) is 0.836. The topological polar surface area (TPSA) is 52.7 Å². The predicted molar refractivity (Wildman–Crippen MR) is 98.2 cm³/mol. The molecule has 0 aromatic heterocycles. The number of nitrogens with zero attached hydrogens (tertiary/aromatic N) is 2. The van der Waals surface area contributed by atoms with Crippen molar-refractivity contribution in [2.45, 2.75) is 51.1 Å². The predicted octanol–water partition coefficient (Wildman–Crippen LogP) is 2.66. The molecule has 2 fully saturated rings. The summed E-state index contributed by atoms with van der Waals surface area (Å²) in [5, 5.41) is 2.93. The van der Waals surface area contributed by atoms with E-state index in [4.69, 9.17) is 0 Å². The van der Waals surface area contributed by atoms with Gasteiger partial charge in [0.25, 0.3) is 5.91 Å². The van der Waals surface area contributed by atoms with Crippen LogP contribution in [-0.4, -0.2) is 53.5 Å². The van der Waals surface area contributed by atoms with Crippen LogP contribution in [0.4, 0.5) is 4.79 Å². The number of urea groups is 1. The zero-order valence-corrected chi connectivity index (χ0v) is 15.5. The molecule has 2 aliphatic heterocycles. The summed E-state index contributed by atoms with van der Waals surface area (Å²) in [4.78, 5) is 28.2. The fraction of sp³-hybridized carbons (Fsp3) is 0.600. The van der Waals surface area contributed by atoms with E-state index in [1.165, 1.54) is 10.5 Å². The van der Waals surface area contributed by atoms with Crippen LogP contribution in [0.25, 0.3) is 0 Å².